The fourth-order valence-electron chi connectivity index (χ4n) is 12.6. The van der Waals surface area contributed by atoms with E-state index in [0.29, 0.717) is 48.2 Å². The number of oxime groups is 1. The van der Waals surface area contributed by atoms with Crippen molar-refractivity contribution < 1.29 is 42.1 Å². The predicted octanol–water partition coefficient (Wildman–Crippen LogP) is 14.2. The van der Waals surface area contributed by atoms with Crippen molar-refractivity contribution >= 4 is 18.0 Å². The molecular weight excluding hydrogens is 1100 g/mol. The topological polar surface area (TPSA) is 208 Å². The normalized spacial score (nSPS) is 22.6. The molecule has 6 fully saturated rings. The van der Waals surface area contributed by atoms with Crippen LogP contribution in [0.2, 0.25) is 0 Å². The second-order valence-corrected chi connectivity index (χ2v) is 26.8. The van der Waals surface area contributed by atoms with E-state index in [1.165, 1.54) is 35.2 Å². The molecule has 6 aliphatic carbocycles. The van der Waals surface area contributed by atoms with Crippen LogP contribution in [0.4, 0.5) is 18.4 Å². The molecule has 0 aliphatic heterocycles. The molecule has 0 bridgehead atoms. The maximum Gasteiger partial charge on any atom is 0.410 e. The first-order valence-corrected chi connectivity index (χ1v) is 30.8. The van der Waals surface area contributed by atoms with Gasteiger partial charge >= 0.3 is 12.2 Å². The van der Waals surface area contributed by atoms with Crippen LogP contribution in [0.1, 0.15) is 165 Å². The summed E-state index contributed by atoms with van der Waals surface area (Å²) in [6.45, 7) is 13.0. The number of hydrogen-bond donors (Lipinski definition) is 3. The first-order valence-electron chi connectivity index (χ1n) is 30.8. The van der Waals surface area contributed by atoms with Crippen molar-refractivity contribution in [2.45, 2.75) is 177 Å². The van der Waals surface area contributed by atoms with Crippen LogP contribution < -0.4 is 11.1 Å². The highest BCUT2D eigenvalue weighted by molar-refractivity contribution is 5.87. The lowest BCUT2D eigenvalue weighted by Gasteiger charge is -2.44. The number of amidine groups is 1. The van der Waals surface area contributed by atoms with Gasteiger partial charge in [-0.2, -0.15) is 9.97 Å². The number of aromatic nitrogens is 4. The molecule has 0 spiro atoms. The van der Waals surface area contributed by atoms with E-state index >= 15 is 0 Å². The molecule has 16 nitrogen and oxygen atoms in total. The summed E-state index contributed by atoms with van der Waals surface area (Å²) in [7, 11) is 0. The second kappa shape index (κ2) is 25.0. The van der Waals surface area contributed by atoms with Crippen LogP contribution in [-0.4, -0.2) is 102 Å². The SMILES string of the molecule is CC(C)(C)OC(=O)N(CC1(C(N)=NO)CCC1)[C@H]1CC1c1ccccc1.CC(C)(C)OC(=O)N(CC1(c2noc(-c3ccccc3F)n2)CCC1)[C@H]1CC1c1ccccc1.Fc1ccccc1-c1nc(C2(CN[C@H]3CC3c3ccccc3)CCC2)no1. The number of carbonyl (C=O) groups is 2. The van der Waals surface area contributed by atoms with Crippen LogP contribution in [0.15, 0.2) is 154 Å². The molecule has 6 aliphatic rings. The van der Waals surface area contributed by atoms with Gasteiger partial charge in [-0.25, -0.2) is 18.4 Å². The van der Waals surface area contributed by atoms with Gasteiger partial charge in [-0.1, -0.05) is 150 Å². The van der Waals surface area contributed by atoms with Crippen LogP contribution >= 0.6 is 0 Å². The molecular formula is C69H81F2N9O7. The van der Waals surface area contributed by atoms with Gasteiger partial charge in [0.05, 0.1) is 16.5 Å². The van der Waals surface area contributed by atoms with Crippen LogP contribution in [-0.2, 0) is 20.3 Å². The summed E-state index contributed by atoms with van der Waals surface area (Å²) >= 11 is 0. The Morgan fingerprint density at radius 2 is 0.989 bits per heavy atom. The zero-order valence-electron chi connectivity index (χ0n) is 50.7. The third-order valence-electron chi connectivity index (χ3n) is 18.3. The molecule has 458 valence electrons. The Kier molecular flexibility index (Phi) is 17.4. The maximum atomic E-state index is 14.3. The zero-order valence-corrected chi connectivity index (χ0v) is 50.7. The Labute approximate surface area is 508 Å². The number of benzene rings is 5. The minimum absolute atomic E-state index is 0.0627. The lowest BCUT2D eigenvalue weighted by atomic mass is 9.67. The molecule has 0 saturated heterocycles. The van der Waals surface area contributed by atoms with Crippen LogP contribution in [0.5, 0.6) is 0 Å². The van der Waals surface area contributed by atoms with E-state index in [1.807, 2.05) is 82.8 Å². The fourth-order valence-corrected chi connectivity index (χ4v) is 12.6. The number of amides is 2. The zero-order chi connectivity index (χ0) is 61.1. The van der Waals surface area contributed by atoms with E-state index in [0.717, 1.165) is 77.2 Å². The molecule has 0 radical (unpaired) electrons. The molecule has 13 rings (SSSR count). The van der Waals surface area contributed by atoms with Crippen LogP contribution in [0.3, 0.4) is 0 Å². The molecule has 2 amide bonds. The summed E-state index contributed by atoms with van der Waals surface area (Å²) in [6.07, 6.45) is 10.9. The van der Waals surface area contributed by atoms with E-state index in [-0.39, 0.29) is 64.6 Å². The number of nitrogens with one attached hydrogen (secondary N) is 1. The molecule has 87 heavy (non-hydrogen) atoms. The molecule has 4 N–H and O–H groups in total. The lowest BCUT2D eigenvalue weighted by Crippen LogP contribution is -2.53. The van der Waals surface area contributed by atoms with Gasteiger partial charge in [0.1, 0.15) is 28.7 Å². The van der Waals surface area contributed by atoms with Gasteiger partial charge in [-0.15, -0.1) is 0 Å². The third kappa shape index (κ3) is 13.9. The van der Waals surface area contributed by atoms with Crippen molar-refractivity contribution in [1.82, 2.24) is 35.4 Å². The van der Waals surface area contributed by atoms with E-state index < -0.39 is 27.8 Å². The highest BCUT2D eigenvalue weighted by Gasteiger charge is 2.54. The van der Waals surface area contributed by atoms with Crippen molar-refractivity contribution in [3.8, 4) is 22.9 Å². The minimum Gasteiger partial charge on any atom is -0.444 e. The predicted molar refractivity (Wildman–Crippen MR) is 327 cm³/mol. The van der Waals surface area contributed by atoms with E-state index in [4.69, 9.17) is 24.3 Å². The molecule has 3 unspecified atom stereocenters. The Morgan fingerprint density at radius 3 is 1.38 bits per heavy atom. The average Bonchev–Trinajstić information content (AvgIpc) is 1.78. The Morgan fingerprint density at radius 1 is 0.586 bits per heavy atom. The van der Waals surface area contributed by atoms with Gasteiger partial charge in [0.2, 0.25) is 0 Å². The molecule has 6 saturated carbocycles. The summed E-state index contributed by atoms with van der Waals surface area (Å²) in [6, 6.07) is 44.7. The molecule has 18 heteroatoms. The summed E-state index contributed by atoms with van der Waals surface area (Å²) in [4.78, 5) is 39.0. The van der Waals surface area contributed by atoms with Crippen molar-refractivity contribution in [3.05, 3.63) is 180 Å². The summed E-state index contributed by atoms with van der Waals surface area (Å²) in [5, 5.41) is 24.6. The molecule has 2 heterocycles. The molecule has 2 aromatic heterocycles. The van der Waals surface area contributed by atoms with Crippen molar-refractivity contribution in [1.29, 1.82) is 0 Å². The monoisotopic (exact) mass is 1190 g/mol. The van der Waals surface area contributed by atoms with Gasteiger partial charge < -0.3 is 44.6 Å². The number of nitrogens with zero attached hydrogens (tertiary/aromatic N) is 7. The number of rotatable bonds is 17. The number of nitrogens with two attached hydrogens (primary N) is 1. The van der Waals surface area contributed by atoms with E-state index in [2.05, 4.69) is 85.4 Å². The molecule has 5 aromatic carbocycles. The Hall–Kier alpha value is -7.99. The third-order valence-corrected chi connectivity index (χ3v) is 18.3. The smallest absolute Gasteiger partial charge is 0.410 e. The van der Waals surface area contributed by atoms with E-state index in [9.17, 15) is 23.6 Å². The Bertz CT molecular complexity index is 3500. The van der Waals surface area contributed by atoms with Gasteiger partial charge in [0, 0.05) is 66.3 Å². The number of halogens is 2. The van der Waals surface area contributed by atoms with Crippen LogP contribution in [0.25, 0.3) is 22.9 Å². The number of ether oxygens (including phenoxy) is 2. The average molecular weight is 1190 g/mol. The highest BCUT2D eigenvalue weighted by atomic mass is 19.1. The summed E-state index contributed by atoms with van der Waals surface area (Å²) in [5.41, 5.74) is 8.39. The fraction of sp³-hybridized carbons (Fsp3) is 0.464. The standard InChI is InChI=1S/C27H30FN3O3.C22H22FN3O.C20H29N3O3/c1-26(2,3)33-25(32)31(22-16-20(22)18-10-5-4-6-11-18)17-27(14-9-15-27)24-29-23(34-30-24)19-12-7-8-13-21(19)28;23-18-10-5-4-9-16(18)20-25-21(26-27-20)22(11-6-12-22)14-24-19-13-17(19)15-7-2-1-3-8-15;1-19(2,3)26-18(24)23(13-20(10-7-11-20)17(21)22-25)16-12-15(16)14-8-5-4-6-9-14/h4-8,10-13,20,22H,9,14-17H2,1-3H3;1-5,7-10,17,19,24H,6,11-14H2;4-6,8-9,15-16,25H,7,10-13H2,1-3H3,(H2,21,22)/t20?,22-;17?,19-;15?,16-/m000/s1. The van der Waals surface area contributed by atoms with Crippen molar-refractivity contribution in [3.63, 3.8) is 0 Å². The van der Waals surface area contributed by atoms with Gasteiger partial charge in [-0.3, -0.25) is 0 Å². The van der Waals surface area contributed by atoms with E-state index in [1.54, 1.807) is 41.3 Å². The molecule has 7 aromatic rings. The van der Waals surface area contributed by atoms with Crippen molar-refractivity contribution in [2.75, 3.05) is 19.6 Å². The number of carbonyl (C=O) groups excluding carboxylic acids is 2. The highest BCUT2D eigenvalue weighted by Crippen LogP contribution is 2.52. The van der Waals surface area contributed by atoms with Gasteiger partial charge in [0.15, 0.2) is 11.6 Å². The minimum atomic E-state index is -0.594. The summed E-state index contributed by atoms with van der Waals surface area (Å²) < 4.78 is 50.6. The Balaban J connectivity index is 0.000000137. The van der Waals surface area contributed by atoms with Crippen molar-refractivity contribution in [2.24, 2.45) is 16.3 Å². The number of hydrogen-bond acceptors (Lipinski definition) is 13. The lowest BCUT2D eigenvalue weighted by molar-refractivity contribution is 0.0110. The quantitative estimate of drug-likeness (QED) is 0.0336. The maximum absolute atomic E-state index is 14.3. The van der Waals surface area contributed by atoms with Gasteiger partial charge in [0.25, 0.3) is 11.8 Å². The van der Waals surface area contributed by atoms with Gasteiger partial charge in [-0.05, 0) is 140 Å². The van der Waals surface area contributed by atoms with Crippen LogP contribution in [0, 0.1) is 17.0 Å². The first-order chi connectivity index (χ1) is 41.8. The largest absolute Gasteiger partial charge is 0.444 e. The summed E-state index contributed by atoms with van der Waals surface area (Å²) in [5.74, 6) is 2.34. The first kappa shape index (κ1) is 60.7. The second-order valence-electron chi connectivity index (χ2n) is 26.8. The molecule has 6 atom stereocenters.